The molecule has 0 aliphatic carbocycles. The number of para-hydroxylation sites is 2. The summed E-state index contributed by atoms with van der Waals surface area (Å²) in [6.45, 7) is 0. The quantitative estimate of drug-likeness (QED) is 0.573. The van der Waals surface area contributed by atoms with Crippen molar-refractivity contribution in [1.82, 2.24) is 20.4 Å². The largest absolute Gasteiger partial charge is 0.281 e. The molecule has 2 aromatic carbocycles. The number of aromatic nitrogens is 4. The lowest BCUT2D eigenvalue weighted by molar-refractivity contribution is 0.959. The van der Waals surface area contributed by atoms with E-state index in [1.807, 2.05) is 36.4 Å². The van der Waals surface area contributed by atoms with E-state index in [2.05, 4.69) is 32.5 Å². The fourth-order valence-corrected chi connectivity index (χ4v) is 2.47. The Morgan fingerprint density at radius 3 is 1.68 bits per heavy atom. The van der Waals surface area contributed by atoms with Crippen molar-refractivity contribution in [2.24, 2.45) is 0 Å². The van der Waals surface area contributed by atoms with E-state index in [1.165, 1.54) is 10.8 Å². The van der Waals surface area contributed by atoms with Crippen molar-refractivity contribution in [3.63, 3.8) is 0 Å². The fraction of sp³-hybridized carbons (Fsp3) is 0.0667. The summed E-state index contributed by atoms with van der Waals surface area (Å²) < 4.78 is 0. The van der Waals surface area contributed by atoms with E-state index in [-0.39, 0.29) is 0 Å². The SMILES string of the molecule is c1ccc2c(Cc3[nH]nc4ccccc34)[nH]nc2c1. The van der Waals surface area contributed by atoms with Crippen molar-refractivity contribution in [2.75, 3.05) is 0 Å². The summed E-state index contributed by atoms with van der Waals surface area (Å²) in [6, 6.07) is 16.3. The van der Waals surface area contributed by atoms with E-state index in [9.17, 15) is 0 Å². The molecular formula is C15H12N4. The molecule has 92 valence electrons. The summed E-state index contributed by atoms with van der Waals surface area (Å²) in [6.07, 6.45) is 0.779. The predicted molar refractivity (Wildman–Crippen MR) is 75.0 cm³/mol. The van der Waals surface area contributed by atoms with Gasteiger partial charge in [-0.3, -0.25) is 10.2 Å². The van der Waals surface area contributed by atoms with Crippen LogP contribution in [0.5, 0.6) is 0 Å². The average Bonchev–Trinajstić information content (AvgIpc) is 3.05. The molecule has 0 radical (unpaired) electrons. The summed E-state index contributed by atoms with van der Waals surface area (Å²) in [5.41, 5.74) is 4.23. The van der Waals surface area contributed by atoms with Crippen LogP contribution in [0.2, 0.25) is 0 Å². The highest BCUT2D eigenvalue weighted by molar-refractivity contribution is 5.84. The van der Waals surface area contributed by atoms with E-state index in [0.717, 1.165) is 28.8 Å². The third-order valence-electron chi connectivity index (χ3n) is 3.43. The molecule has 0 unspecified atom stereocenters. The van der Waals surface area contributed by atoms with E-state index in [4.69, 9.17) is 0 Å². The number of aromatic amines is 2. The third-order valence-corrected chi connectivity index (χ3v) is 3.43. The van der Waals surface area contributed by atoms with Crippen LogP contribution >= 0.6 is 0 Å². The first kappa shape index (κ1) is 10.3. The average molecular weight is 248 g/mol. The molecule has 0 spiro atoms. The molecule has 19 heavy (non-hydrogen) atoms. The Bertz CT molecular complexity index is 784. The second-order valence-electron chi connectivity index (χ2n) is 4.62. The van der Waals surface area contributed by atoms with Crippen LogP contribution in [0.25, 0.3) is 21.8 Å². The van der Waals surface area contributed by atoms with Crippen molar-refractivity contribution in [3.8, 4) is 0 Å². The lowest BCUT2D eigenvalue weighted by Crippen LogP contribution is -1.90. The van der Waals surface area contributed by atoms with E-state index >= 15 is 0 Å². The van der Waals surface area contributed by atoms with Gasteiger partial charge >= 0.3 is 0 Å². The highest BCUT2D eigenvalue weighted by Gasteiger charge is 2.09. The molecule has 0 bridgehead atoms. The Kier molecular flexibility index (Phi) is 2.14. The van der Waals surface area contributed by atoms with Gasteiger partial charge in [0.25, 0.3) is 0 Å². The maximum Gasteiger partial charge on any atom is 0.0923 e. The number of hydrogen-bond donors (Lipinski definition) is 2. The number of rotatable bonds is 2. The highest BCUT2D eigenvalue weighted by Crippen LogP contribution is 2.21. The van der Waals surface area contributed by atoms with Crippen LogP contribution in [0.1, 0.15) is 11.4 Å². The molecule has 0 aliphatic heterocycles. The van der Waals surface area contributed by atoms with Gasteiger partial charge in [0.05, 0.1) is 11.0 Å². The summed E-state index contributed by atoms with van der Waals surface area (Å²) in [7, 11) is 0. The Morgan fingerprint density at radius 2 is 1.16 bits per heavy atom. The van der Waals surface area contributed by atoms with Gasteiger partial charge in [-0.25, -0.2) is 0 Å². The van der Waals surface area contributed by atoms with E-state index in [1.54, 1.807) is 0 Å². The Morgan fingerprint density at radius 1 is 0.684 bits per heavy atom. The smallest absolute Gasteiger partial charge is 0.0923 e. The van der Waals surface area contributed by atoms with Gasteiger partial charge in [-0.1, -0.05) is 36.4 Å². The van der Waals surface area contributed by atoms with Crippen molar-refractivity contribution in [2.45, 2.75) is 6.42 Å². The first-order chi connectivity index (χ1) is 9.42. The Labute approximate surface area is 109 Å². The van der Waals surface area contributed by atoms with Crippen LogP contribution < -0.4 is 0 Å². The molecule has 4 rings (SSSR count). The maximum absolute atomic E-state index is 4.32. The van der Waals surface area contributed by atoms with Gasteiger partial charge in [-0.2, -0.15) is 10.2 Å². The van der Waals surface area contributed by atoms with Gasteiger partial charge in [0.1, 0.15) is 0 Å². The van der Waals surface area contributed by atoms with Crippen molar-refractivity contribution in [3.05, 3.63) is 59.9 Å². The Hall–Kier alpha value is -2.62. The third kappa shape index (κ3) is 1.61. The molecule has 0 saturated heterocycles. The zero-order valence-electron chi connectivity index (χ0n) is 10.2. The molecule has 4 heteroatoms. The van der Waals surface area contributed by atoms with Gasteiger partial charge in [0, 0.05) is 28.6 Å². The molecule has 0 atom stereocenters. The molecular weight excluding hydrogens is 236 g/mol. The van der Waals surface area contributed by atoms with Crippen LogP contribution in [0.4, 0.5) is 0 Å². The molecule has 0 saturated carbocycles. The number of H-pyrrole nitrogens is 2. The first-order valence-electron chi connectivity index (χ1n) is 6.26. The van der Waals surface area contributed by atoms with Crippen LogP contribution in [-0.2, 0) is 6.42 Å². The number of benzene rings is 2. The molecule has 4 aromatic rings. The molecule has 2 heterocycles. The van der Waals surface area contributed by atoms with E-state index in [0.29, 0.717) is 0 Å². The zero-order valence-corrected chi connectivity index (χ0v) is 10.2. The number of nitrogens with one attached hydrogen (secondary N) is 2. The molecule has 0 fully saturated rings. The number of fused-ring (bicyclic) bond motifs is 2. The summed E-state index contributed by atoms with van der Waals surface area (Å²) in [5.74, 6) is 0. The van der Waals surface area contributed by atoms with Crippen molar-refractivity contribution < 1.29 is 0 Å². The summed E-state index contributed by atoms with van der Waals surface area (Å²) in [5, 5.41) is 17.2. The van der Waals surface area contributed by atoms with Gasteiger partial charge in [-0.15, -0.1) is 0 Å². The van der Waals surface area contributed by atoms with Gasteiger partial charge < -0.3 is 0 Å². The molecule has 0 amide bonds. The monoisotopic (exact) mass is 248 g/mol. The van der Waals surface area contributed by atoms with Gasteiger partial charge in [0.2, 0.25) is 0 Å². The van der Waals surface area contributed by atoms with Crippen molar-refractivity contribution >= 4 is 21.8 Å². The zero-order chi connectivity index (χ0) is 12.7. The van der Waals surface area contributed by atoms with E-state index < -0.39 is 0 Å². The standard InChI is InChI=1S/C15H12N4/c1-3-7-12-10(5-1)14(18-16-12)9-15-11-6-2-4-8-13(11)17-19-15/h1-8H,9H2,(H,16,18)(H,17,19). The highest BCUT2D eigenvalue weighted by atomic mass is 15.1. The number of hydrogen-bond acceptors (Lipinski definition) is 2. The summed E-state index contributed by atoms with van der Waals surface area (Å²) in [4.78, 5) is 0. The van der Waals surface area contributed by atoms with Crippen LogP contribution in [0.15, 0.2) is 48.5 Å². The second kappa shape index (κ2) is 3.95. The number of nitrogens with zero attached hydrogens (tertiary/aromatic N) is 2. The molecule has 2 N–H and O–H groups in total. The van der Waals surface area contributed by atoms with Gasteiger partial charge in [0.15, 0.2) is 0 Å². The topological polar surface area (TPSA) is 57.4 Å². The second-order valence-corrected chi connectivity index (χ2v) is 4.62. The minimum Gasteiger partial charge on any atom is -0.281 e. The molecule has 0 aliphatic rings. The lowest BCUT2D eigenvalue weighted by atomic mass is 10.1. The van der Waals surface area contributed by atoms with Gasteiger partial charge in [-0.05, 0) is 12.1 Å². The van der Waals surface area contributed by atoms with Crippen LogP contribution in [-0.4, -0.2) is 20.4 Å². The lowest BCUT2D eigenvalue weighted by Gasteiger charge is -1.97. The molecule has 4 nitrogen and oxygen atoms in total. The van der Waals surface area contributed by atoms with Crippen LogP contribution in [0.3, 0.4) is 0 Å². The minimum absolute atomic E-state index is 0.779. The van der Waals surface area contributed by atoms with Crippen molar-refractivity contribution in [1.29, 1.82) is 0 Å². The van der Waals surface area contributed by atoms with Crippen LogP contribution in [0, 0.1) is 0 Å². The predicted octanol–water partition coefficient (Wildman–Crippen LogP) is 3.03. The Balaban J connectivity index is 1.82. The fourth-order valence-electron chi connectivity index (χ4n) is 2.47. The normalized spacial score (nSPS) is 11.4. The first-order valence-corrected chi connectivity index (χ1v) is 6.26. The molecule has 2 aromatic heterocycles. The minimum atomic E-state index is 0.779. The summed E-state index contributed by atoms with van der Waals surface area (Å²) >= 11 is 0. The maximum atomic E-state index is 4.32.